The van der Waals surface area contributed by atoms with Crippen LogP contribution in [0.15, 0.2) is 0 Å². The van der Waals surface area contributed by atoms with Gasteiger partial charge in [-0.1, -0.05) is 26.2 Å². The Hall–Kier alpha value is -0.610. The maximum Gasteiger partial charge on any atom is 0.320 e. The van der Waals surface area contributed by atoms with E-state index in [1.165, 1.54) is 6.42 Å². The minimum Gasteiger partial charge on any atom is -0.465 e. The van der Waals surface area contributed by atoms with Gasteiger partial charge in [-0.25, -0.2) is 0 Å². The van der Waals surface area contributed by atoms with Crippen molar-refractivity contribution in [2.24, 2.45) is 0 Å². The zero-order valence-electron chi connectivity index (χ0n) is 11.8. The van der Waals surface area contributed by atoms with Crippen molar-refractivity contribution >= 4 is 5.97 Å². The Labute approximate surface area is 110 Å². The molecule has 0 aromatic carbocycles. The lowest BCUT2D eigenvalue weighted by Gasteiger charge is -2.36. The molecule has 0 spiro atoms. The highest BCUT2D eigenvalue weighted by Gasteiger charge is 2.31. The first-order valence-electron chi connectivity index (χ1n) is 7.20. The van der Waals surface area contributed by atoms with Crippen LogP contribution in [0.2, 0.25) is 0 Å². The number of ether oxygens (including phenoxy) is 1. The second-order valence-electron chi connectivity index (χ2n) is 5.30. The third-order valence-electron chi connectivity index (χ3n) is 3.50. The summed E-state index contributed by atoms with van der Waals surface area (Å²) in [6.07, 6.45) is 6.10. The van der Waals surface area contributed by atoms with Crippen molar-refractivity contribution in [2.45, 2.75) is 58.0 Å². The molecule has 1 rings (SSSR count). The quantitative estimate of drug-likeness (QED) is 0.708. The minimum absolute atomic E-state index is 0.189. The van der Waals surface area contributed by atoms with Crippen LogP contribution in [0.3, 0.4) is 0 Å². The van der Waals surface area contributed by atoms with Gasteiger partial charge in [0.1, 0.15) is 0 Å². The summed E-state index contributed by atoms with van der Waals surface area (Å²) in [5.74, 6) is -0.189. The average molecular weight is 257 g/mol. The van der Waals surface area contributed by atoms with Gasteiger partial charge in [0.05, 0.1) is 18.8 Å². The molecule has 4 heteroatoms. The molecule has 1 saturated carbocycles. The lowest BCUT2D eigenvalue weighted by molar-refractivity contribution is -0.145. The second kappa shape index (κ2) is 7.74. The van der Waals surface area contributed by atoms with Crippen LogP contribution >= 0.6 is 0 Å². The van der Waals surface area contributed by atoms with E-state index >= 15 is 0 Å². The molecule has 0 atom stereocenters. The van der Waals surface area contributed by atoms with Gasteiger partial charge in [0, 0.05) is 6.54 Å². The maximum atomic E-state index is 11.5. The minimum atomic E-state index is -0.597. The van der Waals surface area contributed by atoms with Gasteiger partial charge in [-0.3, -0.25) is 9.69 Å². The number of carbonyl (C=O) groups excluding carboxylic acids is 1. The highest BCUT2D eigenvalue weighted by Crippen LogP contribution is 2.28. The van der Waals surface area contributed by atoms with Crippen molar-refractivity contribution in [3.05, 3.63) is 0 Å². The number of esters is 1. The predicted octanol–water partition coefficient (Wildman–Crippen LogP) is 1.96. The summed E-state index contributed by atoms with van der Waals surface area (Å²) in [6.45, 7) is 6.05. The SMILES string of the molecule is CCCN(CC(=O)OCC)CC1(O)CCCCC1. The van der Waals surface area contributed by atoms with Gasteiger partial charge >= 0.3 is 5.97 Å². The molecular formula is C14H27NO3. The van der Waals surface area contributed by atoms with Crippen molar-refractivity contribution in [3.8, 4) is 0 Å². The van der Waals surface area contributed by atoms with Gasteiger partial charge in [-0.05, 0) is 32.7 Å². The van der Waals surface area contributed by atoms with Crippen molar-refractivity contribution < 1.29 is 14.6 Å². The van der Waals surface area contributed by atoms with Crippen LogP contribution in [0.1, 0.15) is 52.4 Å². The van der Waals surface area contributed by atoms with Gasteiger partial charge in [-0.2, -0.15) is 0 Å². The van der Waals surface area contributed by atoms with E-state index < -0.39 is 5.60 Å². The van der Waals surface area contributed by atoms with Gasteiger partial charge < -0.3 is 9.84 Å². The van der Waals surface area contributed by atoms with Crippen LogP contribution in [0.5, 0.6) is 0 Å². The third-order valence-corrected chi connectivity index (χ3v) is 3.50. The molecule has 0 unspecified atom stereocenters. The Morgan fingerprint density at radius 3 is 2.50 bits per heavy atom. The van der Waals surface area contributed by atoms with Gasteiger partial charge in [0.2, 0.25) is 0 Å². The molecule has 1 fully saturated rings. The molecule has 0 aromatic rings. The van der Waals surface area contributed by atoms with E-state index in [2.05, 4.69) is 6.92 Å². The number of nitrogens with zero attached hydrogens (tertiary/aromatic N) is 1. The number of hydrogen-bond acceptors (Lipinski definition) is 4. The summed E-state index contributed by atoms with van der Waals surface area (Å²) >= 11 is 0. The Bertz CT molecular complexity index is 249. The van der Waals surface area contributed by atoms with Crippen molar-refractivity contribution in [1.82, 2.24) is 4.90 Å². The summed E-state index contributed by atoms with van der Waals surface area (Å²) in [5, 5.41) is 10.5. The number of aliphatic hydroxyl groups is 1. The monoisotopic (exact) mass is 257 g/mol. The molecule has 1 N–H and O–H groups in total. The molecule has 106 valence electrons. The average Bonchev–Trinajstić information content (AvgIpc) is 2.29. The molecule has 18 heavy (non-hydrogen) atoms. The van der Waals surface area contributed by atoms with Gasteiger partial charge in [0.25, 0.3) is 0 Å². The number of carbonyl (C=O) groups is 1. The second-order valence-corrected chi connectivity index (χ2v) is 5.30. The lowest BCUT2D eigenvalue weighted by Crippen LogP contribution is -2.46. The fourth-order valence-electron chi connectivity index (χ4n) is 2.70. The molecular weight excluding hydrogens is 230 g/mol. The van der Waals surface area contributed by atoms with Crippen molar-refractivity contribution in [1.29, 1.82) is 0 Å². The fourth-order valence-corrected chi connectivity index (χ4v) is 2.70. The Morgan fingerprint density at radius 1 is 1.28 bits per heavy atom. The van der Waals surface area contributed by atoms with Crippen LogP contribution in [0.25, 0.3) is 0 Å². The van der Waals surface area contributed by atoms with E-state index in [9.17, 15) is 9.90 Å². The molecule has 0 saturated heterocycles. The normalized spacial score (nSPS) is 18.9. The van der Waals surface area contributed by atoms with Crippen LogP contribution in [0.4, 0.5) is 0 Å². The van der Waals surface area contributed by atoms with Crippen LogP contribution in [0, 0.1) is 0 Å². The molecule has 4 nitrogen and oxygen atoms in total. The van der Waals surface area contributed by atoms with E-state index in [1.54, 1.807) is 0 Å². The van der Waals surface area contributed by atoms with E-state index in [0.29, 0.717) is 19.7 Å². The van der Waals surface area contributed by atoms with E-state index in [1.807, 2.05) is 11.8 Å². The summed E-state index contributed by atoms with van der Waals surface area (Å²) in [5.41, 5.74) is -0.597. The fraction of sp³-hybridized carbons (Fsp3) is 0.929. The molecule has 0 bridgehead atoms. The summed E-state index contributed by atoms with van der Waals surface area (Å²) in [4.78, 5) is 13.6. The Morgan fingerprint density at radius 2 is 1.94 bits per heavy atom. The Balaban J connectivity index is 2.47. The van der Waals surface area contributed by atoms with Crippen LogP contribution < -0.4 is 0 Å². The highest BCUT2D eigenvalue weighted by molar-refractivity contribution is 5.71. The van der Waals surface area contributed by atoms with Gasteiger partial charge in [0.15, 0.2) is 0 Å². The standard InChI is InChI=1S/C14H27NO3/c1-3-10-15(11-13(16)18-4-2)12-14(17)8-6-5-7-9-14/h17H,3-12H2,1-2H3. The first kappa shape index (κ1) is 15.4. The third kappa shape index (κ3) is 5.36. The topological polar surface area (TPSA) is 49.8 Å². The van der Waals surface area contributed by atoms with Crippen molar-refractivity contribution in [3.63, 3.8) is 0 Å². The summed E-state index contributed by atoms with van der Waals surface area (Å²) in [6, 6.07) is 0. The van der Waals surface area contributed by atoms with E-state index in [-0.39, 0.29) is 5.97 Å². The van der Waals surface area contributed by atoms with Crippen LogP contribution in [-0.4, -0.2) is 47.8 Å². The van der Waals surface area contributed by atoms with E-state index in [4.69, 9.17) is 4.74 Å². The molecule has 0 aliphatic heterocycles. The first-order chi connectivity index (χ1) is 8.59. The summed E-state index contributed by atoms with van der Waals surface area (Å²) in [7, 11) is 0. The molecule has 0 aromatic heterocycles. The molecule has 0 amide bonds. The Kier molecular flexibility index (Phi) is 6.65. The smallest absolute Gasteiger partial charge is 0.320 e. The zero-order valence-corrected chi connectivity index (χ0v) is 11.8. The zero-order chi connectivity index (χ0) is 13.4. The van der Waals surface area contributed by atoms with Gasteiger partial charge in [-0.15, -0.1) is 0 Å². The largest absolute Gasteiger partial charge is 0.465 e. The van der Waals surface area contributed by atoms with Crippen molar-refractivity contribution in [2.75, 3.05) is 26.2 Å². The lowest BCUT2D eigenvalue weighted by atomic mass is 9.84. The van der Waals surface area contributed by atoms with E-state index in [0.717, 1.165) is 38.6 Å². The van der Waals surface area contributed by atoms with Crippen LogP contribution in [-0.2, 0) is 9.53 Å². The molecule has 1 aliphatic carbocycles. The predicted molar refractivity (Wildman–Crippen MR) is 71.4 cm³/mol. The molecule has 1 aliphatic rings. The number of rotatable bonds is 7. The molecule has 0 radical (unpaired) electrons. The molecule has 0 heterocycles. The highest BCUT2D eigenvalue weighted by atomic mass is 16.5. The summed E-state index contributed by atoms with van der Waals surface area (Å²) < 4.78 is 4.98. The maximum absolute atomic E-state index is 11.5. The number of hydrogen-bond donors (Lipinski definition) is 1. The first-order valence-corrected chi connectivity index (χ1v) is 7.20.